The maximum absolute atomic E-state index is 10.8. The topological polar surface area (TPSA) is 81.0 Å². The van der Waals surface area contributed by atoms with Crippen LogP contribution in [-0.4, -0.2) is 17.1 Å². The van der Waals surface area contributed by atoms with Gasteiger partial charge in [-0.2, -0.15) is 0 Å². The van der Waals surface area contributed by atoms with Gasteiger partial charge in [0.05, 0.1) is 6.20 Å². The third-order valence-electron chi connectivity index (χ3n) is 1.16. The molecule has 5 nitrogen and oxygen atoms in total. The van der Waals surface area contributed by atoms with Crippen LogP contribution in [-0.2, 0) is 11.3 Å². The van der Waals surface area contributed by atoms with Gasteiger partial charge in [-0.3, -0.25) is 4.79 Å². The summed E-state index contributed by atoms with van der Waals surface area (Å²) < 4.78 is 4.75. The number of nitrogens with one attached hydrogen (secondary N) is 1. The highest BCUT2D eigenvalue weighted by atomic mass is 16.5. The van der Waals surface area contributed by atoms with Gasteiger partial charge in [-0.05, 0) is 0 Å². The first-order valence-corrected chi connectivity index (χ1v) is 3.06. The Morgan fingerprint density at radius 2 is 2.55 bits per heavy atom. The molecule has 11 heavy (non-hydrogen) atoms. The highest BCUT2D eigenvalue weighted by molar-refractivity contribution is 5.30. The second-order valence-corrected chi connectivity index (χ2v) is 2.05. The van der Waals surface area contributed by atoms with E-state index in [4.69, 9.17) is 10.5 Å². The van der Waals surface area contributed by atoms with Gasteiger partial charge >= 0.3 is 0 Å². The molecule has 0 unspecified atom stereocenters. The zero-order chi connectivity index (χ0) is 8.27. The first-order valence-electron chi connectivity index (χ1n) is 3.06. The van der Waals surface area contributed by atoms with Gasteiger partial charge in [-0.25, -0.2) is 4.98 Å². The fourth-order valence-corrected chi connectivity index (χ4v) is 0.652. The molecule has 0 saturated carbocycles. The molecule has 0 aromatic carbocycles. The normalized spacial score (nSPS) is 9.91. The van der Waals surface area contributed by atoms with Gasteiger partial charge in [0.1, 0.15) is 18.1 Å². The lowest BCUT2D eigenvalue weighted by Crippen LogP contribution is -2.15. The molecule has 0 bridgehead atoms. The van der Waals surface area contributed by atoms with E-state index in [2.05, 4.69) is 9.97 Å². The van der Waals surface area contributed by atoms with Crippen molar-refractivity contribution in [3.05, 3.63) is 22.4 Å². The summed E-state index contributed by atoms with van der Waals surface area (Å²) in [6.45, 7) is 0.287. The molecule has 1 aromatic heterocycles. The van der Waals surface area contributed by atoms with Crippen molar-refractivity contribution in [3.63, 3.8) is 0 Å². The van der Waals surface area contributed by atoms with Crippen molar-refractivity contribution in [2.24, 2.45) is 0 Å². The number of rotatable bonds is 2. The van der Waals surface area contributed by atoms with E-state index in [1.54, 1.807) is 0 Å². The van der Waals surface area contributed by atoms with E-state index in [1.807, 2.05) is 0 Å². The number of nitrogens with two attached hydrogens (primary N) is 1. The molecule has 1 heterocycles. The molecule has 0 spiro atoms. The predicted molar refractivity (Wildman–Crippen MR) is 40.0 cm³/mol. The summed E-state index contributed by atoms with van der Waals surface area (Å²) in [5, 5.41) is 0. The number of hydrogen-bond acceptors (Lipinski definition) is 4. The number of H-pyrrole nitrogens is 1. The largest absolute Gasteiger partial charge is 0.393 e. The van der Waals surface area contributed by atoms with Gasteiger partial charge in [-0.1, -0.05) is 0 Å². The van der Waals surface area contributed by atoms with E-state index in [0.717, 1.165) is 0 Å². The summed E-state index contributed by atoms with van der Waals surface area (Å²) in [5.41, 5.74) is 5.03. The molecule has 0 fully saturated rings. The van der Waals surface area contributed by atoms with Crippen LogP contribution in [0.2, 0.25) is 0 Å². The molecule has 0 aliphatic heterocycles. The fraction of sp³-hybridized carbons (Fsp3) is 0.333. The highest BCUT2D eigenvalue weighted by Crippen LogP contribution is 1.90. The van der Waals surface area contributed by atoms with E-state index >= 15 is 0 Å². The highest BCUT2D eigenvalue weighted by Gasteiger charge is 1.96. The minimum atomic E-state index is -0.327. The Hall–Kier alpha value is -1.36. The van der Waals surface area contributed by atoms with Crippen LogP contribution in [0.1, 0.15) is 5.82 Å². The van der Waals surface area contributed by atoms with E-state index in [9.17, 15) is 4.79 Å². The number of ether oxygens (including phenoxy) is 1. The van der Waals surface area contributed by atoms with Gasteiger partial charge in [0, 0.05) is 7.11 Å². The molecule has 1 rings (SSSR count). The van der Waals surface area contributed by atoms with E-state index in [1.165, 1.54) is 13.3 Å². The summed E-state index contributed by atoms with van der Waals surface area (Å²) in [7, 11) is 1.52. The minimum absolute atomic E-state index is 0.116. The second-order valence-electron chi connectivity index (χ2n) is 2.05. The smallest absolute Gasteiger partial charge is 0.274 e. The molecule has 0 amide bonds. The maximum Gasteiger partial charge on any atom is 0.274 e. The lowest BCUT2D eigenvalue weighted by Gasteiger charge is -1.97. The molecular formula is C6H9N3O2. The third kappa shape index (κ3) is 1.78. The van der Waals surface area contributed by atoms with Crippen molar-refractivity contribution in [1.29, 1.82) is 0 Å². The van der Waals surface area contributed by atoms with Gasteiger partial charge in [0.15, 0.2) is 0 Å². The molecule has 3 N–H and O–H groups in total. The number of nitrogens with zero attached hydrogens (tertiary/aromatic N) is 1. The summed E-state index contributed by atoms with van der Waals surface area (Å²) >= 11 is 0. The Bertz CT molecular complexity index is 294. The van der Waals surface area contributed by atoms with Crippen LogP contribution in [0.15, 0.2) is 11.0 Å². The molecule has 5 heteroatoms. The first-order chi connectivity index (χ1) is 5.24. The Morgan fingerprint density at radius 3 is 3.09 bits per heavy atom. The van der Waals surface area contributed by atoms with Crippen molar-refractivity contribution in [3.8, 4) is 0 Å². The van der Waals surface area contributed by atoms with Crippen molar-refractivity contribution in [2.75, 3.05) is 12.8 Å². The van der Waals surface area contributed by atoms with Crippen molar-refractivity contribution in [1.82, 2.24) is 9.97 Å². The quantitative estimate of drug-likeness (QED) is 0.603. The van der Waals surface area contributed by atoms with Crippen LogP contribution in [0.5, 0.6) is 0 Å². The fourth-order valence-electron chi connectivity index (χ4n) is 0.652. The van der Waals surface area contributed by atoms with Crippen molar-refractivity contribution >= 4 is 5.69 Å². The number of methoxy groups -OCH3 is 1. The lowest BCUT2D eigenvalue weighted by molar-refractivity contribution is 0.177. The summed E-state index contributed by atoms with van der Waals surface area (Å²) in [6.07, 6.45) is 1.31. The van der Waals surface area contributed by atoms with Crippen LogP contribution in [0.4, 0.5) is 5.69 Å². The maximum atomic E-state index is 10.8. The van der Waals surface area contributed by atoms with E-state index < -0.39 is 0 Å². The summed E-state index contributed by atoms with van der Waals surface area (Å²) in [6, 6.07) is 0. The predicted octanol–water partition coefficient (Wildman–Crippen LogP) is -0.502. The molecule has 0 aliphatic rings. The van der Waals surface area contributed by atoms with Crippen LogP contribution < -0.4 is 11.3 Å². The molecule has 60 valence electrons. The molecule has 1 aromatic rings. The average molecular weight is 155 g/mol. The Kier molecular flexibility index (Phi) is 2.22. The third-order valence-corrected chi connectivity index (χ3v) is 1.16. The Labute approximate surface area is 63.2 Å². The molecule has 0 radical (unpaired) electrons. The van der Waals surface area contributed by atoms with Crippen LogP contribution in [0.25, 0.3) is 0 Å². The van der Waals surface area contributed by atoms with Gasteiger partial charge in [-0.15, -0.1) is 0 Å². The molecule has 0 aliphatic carbocycles. The van der Waals surface area contributed by atoms with Gasteiger partial charge in [0.2, 0.25) is 0 Å². The standard InChI is InChI=1S/C6H9N3O2/c1-11-3-5-8-2-4(7)6(10)9-5/h2H,3,7H2,1H3,(H,8,9,10). The molecule has 0 saturated heterocycles. The second kappa shape index (κ2) is 3.16. The van der Waals surface area contributed by atoms with Crippen molar-refractivity contribution in [2.45, 2.75) is 6.61 Å². The van der Waals surface area contributed by atoms with Gasteiger partial charge < -0.3 is 15.5 Å². The first kappa shape index (κ1) is 7.74. The van der Waals surface area contributed by atoms with Crippen LogP contribution >= 0.6 is 0 Å². The number of hydrogen-bond donors (Lipinski definition) is 2. The zero-order valence-electron chi connectivity index (χ0n) is 6.13. The number of anilines is 1. The van der Waals surface area contributed by atoms with E-state index in [0.29, 0.717) is 5.82 Å². The monoisotopic (exact) mass is 155 g/mol. The average Bonchev–Trinajstić information content (AvgIpc) is 1.98. The zero-order valence-corrected chi connectivity index (χ0v) is 6.13. The van der Waals surface area contributed by atoms with E-state index in [-0.39, 0.29) is 17.9 Å². The Morgan fingerprint density at radius 1 is 1.82 bits per heavy atom. The lowest BCUT2D eigenvalue weighted by atomic mass is 10.5. The van der Waals surface area contributed by atoms with Crippen LogP contribution in [0, 0.1) is 0 Å². The number of aromatic amines is 1. The molecular weight excluding hydrogens is 146 g/mol. The number of aromatic nitrogens is 2. The van der Waals surface area contributed by atoms with Gasteiger partial charge in [0.25, 0.3) is 5.56 Å². The summed E-state index contributed by atoms with van der Waals surface area (Å²) in [4.78, 5) is 17.1. The SMILES string of the molecule is COCc1ncc(N)c(=O)[nH]1. The minimum Gasteiger partial charge on any atom is -0.393 e. The Balaban J connectivity index is 2.96. The molecule has 0 atom stereocenters. The number of nitrogen functional groups attached to an aromatic ring is 1. The van der Waals surface area contributed by atoms with Crippen molar-refractivity contribution < 1.29 is 4.74 Å². The van der Waals surface area contributed by atoms with Crippen LogP contribution in [0.3, 0.4) is 0 Å². The summed E-state index contributed by atoms with van der Waals surface area (Å²) in [5.74, 6) is 0.478.